The third-order valence-electron chi connectivity index (χ3n) is 3.65. The molecule has 2 amide bonds. The van der Waals surface area contributed by atoms with E-state index < -0.39 is 0 Å². The number of halogens is 1. The zero-order valence-electron chi connectivity index (χ0n) is 11.6. The Bertz CT molecular complexity index is 726. The number of nitrogens with zero attached hydrogens (tertiary/aromatic N) is 1. The molecule has 2 aromatic rings. The fourth-order valence-electron chi connectivity index (χ4n) is 2.58. The van der Waals surface area contributed by atoms with Gasteiger partial charge in [0.25, 0.3) is 5.91 Å². The van der Waals surface area contributed by atoms with E-state index in [1.165, 1.54) is 22.3 Å². The van der Waals surface area contributed by atoms with Crippen molar-refractivity contribution in [1.29, 1.82) is 0 Å². The SMILES string of the molecule is Cc1c(C(=O)N2CCCNC(=O)C2)sc2cccc(F)c12. The number of nitrogens with one attached hydrogen (secondary N) is 1. The predicted octanol–water partition coefficient (Wildman–Crippen LogP) is 2.31. The molecule has 1 fully saturated rings. The van der Waals surface area contributed by atoms with Crippen molar-refractivity contribution >= 4 is 33.2 Å². The average molecular weight is 306 g/mol. The van der Waals surface area contributed by atoms with Gasteiger partial charge in [-0.25, -0.2) is 4.39 Å². The molecule has 0 radical (unpaired) electrons. The first-order valence-electron chi connectivity index (χ1n) is 6.81. The van der Waals surface area contributed by atoms with Gasteiger partial charge in [-0.05, 0) is 31.0 Å². The Morgan fingerprint density at radius 1 is 1.43 bits per heavy atom. The minimum absolute atomic E-state index is 0.0645. The minimum atomic E-state index is -0.311. The summed E-state index contributed by atoms with van der Waals surface area (Å²) in [7, 11) is 0. The van der Waals surface area contributed by atoms with E-state index in [2.05, 4.69) is 5.32 Å². The maximum absolute atomic E-state index is 13.9. The Kier molecular flexibility index (Phi) is 3.63. The third kappa shape index (κ3) is 2.51. The van der Waals surface area contributed by atoms with Gasteiger partial charge in [-0.3, -0.25) is 9.59 Å². The second-order valence-electron chi connectivity index (χ2n) is 5.10. The van der Waals surface area contributed by atoms with Crippen molar-refractivity contribution in [2.75, 3.05) is 19.6 Å². The Balaban J connectivity index is 1.99. The van der Waals surface area contributed by atoms with Gasteiger partial charge < -0.3 is 10.2 Å². The van der Waals surface area contributed by atoms with E-state index in [1.54, 1.807) is 13.0 Å². The summed E-state index contributed by atoms with van der Waals surface area (Å²) >= 11 is 1.28. The Hall–Kier alpha value is -1.95. The molecule has 3 rings (SSSR count). The number of benzene rings is 1. The minimum Gasteiger partial charge on any atom is -0.354 e. The van der Waals surface area contributed by atoms with E-state index in [-0.39, 0.29) is 24.2 Å². The quantitative estimate of drug-likeness (QED) is 0.879. The predicted molar refractivity (Wildman–Crippen MR) is 80.1 cm³/mol. The molecule has 21 heavy (non-hydrogen) atoms. The zero-order valence-corrected chi connectivity index (χ0v) is 12.4. The van der Waals surface area contributed by atoms with Gasteiger partial charge in [0.05, 0.1) is 11.4 Å². The van der Waals surface area contributed by atoms with Gasteiger partial charge in [0.1, 0.15) is 5.82 Å². The summed E-state index contributed by atoms with van der Waals surface area (Å²) < 4.78 is 14.7. The van der Waals surface area contributed by atoms with Gasteiger partial charge in [0, 0.05) is 23.2 Å². The van der Waals surface area contributed by atoms with Crippen LogP contribution in [0.3, 0.4) is 0 Å². The van der Waals surface area contributed by atoms with E-state index in [1.807, 2.05) is 6.07 Å². The number of fused-ring (bicyclic) bond motifs is 1. The molecular formula is C15H15FN2O2S. The summed E-state index contributed by atoms with van der Waals surface area (Å²) in [5.74, 6) is -0.648. The highest BCUT2D eigenvalue weighted by Gasteiger charge is 2.25. The largest absolute Gasteiger partial charge is 0.354 e. The summed E-state index contributed by atoms with van der Waals surface area (Å²) in [5, 5.41) is 3.25. The van der Waals surface area contributed by atoms with E-state index in [9.17, 15) is 14.0 Å². The maximum atomic E-state index is 13.9. The van der Waals surface area contributed by atoms with Crippen molar-refractivity contribution in [2.24, 2.45) is 0 Å². The number of carbonyl (C=O) groups excluding carboxylic acids is 2. The normalized spacial score (nSPS) is 15.9. The molecule has 1 N–H and O–H groups in total. The number of aryl methyl sites for hydroxylation is 1. The van der Waals surface area contributed by atoms with Gasteiger partial charge in [-0.2, -0.15) is 0 Å². The number of amides is 2. The van der Waals surface area contributed by atoms with Gasteiger partial charge in [0.2, 0.25) is 5.91 Å². The standard InChI is InChI=1S/C15H15FN2O2S/c1-9-13-10(16)4-2-5-11(13)21-14(9)15(20)18-7-3-6-17-12(19)8-18/h2,4-5H,3,6-8H2,1H3,(H,17,19). The summed E-state index contributed by atoms with van der Waals surface area (Å²) in [6, 6.07) is 4.85. The summed E-state index contributed by atoms with van der Waals surface area (Å²) in [5.41, 5.74) is 0.655. The van der Waals surface area contributed by atoms with Crippen molar-refractivity contribution in [1.82, 2.24) is 10.2 Å². The van der Waals surface area contributed by atoms with Crippen LogP contribution in [0.15, 0.2) is 18.2 Å². The molecule has 4 nitrogen and oxygen atoms in total. The van der Waals surface area contributed by atoms with Gasteiger partial charge in [0.15, 0.2) is 0 Å². The first-order valence-corrected chi connectivity index (χ1v) is 7.63. The molecule has 1 aliphatic heterocycles. The van der Waals surface area contributed by atoms with Crippen LogP contribution in [0, 0.1) is 12.7 Å². The highest BCUT2D eigenvalue weighted by atomic mass is 32.1. The maximum Gasteiger partial charge on any atom is 0.264 e. The van der Waals surface area contributed by atoms with Crippen molar-refractivity contribution in [2.45, 2.75) is 13.3 Å². The van der Waals surface area contributed by atoms with Crippen LogP contribution < -0.4 is 5.32 Å². The van der Waals surface area contributed by atoms with Crippen molar-refractivity contribution < 1.29 is 14.0 Å². The molecule has 6 heteroatoms. The lowest BCUT2D eigenvalue weighted by Crippen LogP contribution is -2.37. The molecule has 1 aliphatic rings. The molecule has 1 aromatic carbocycles. The third-order valence-corrected chi connectivity index (χ3v) is 4.89. The highest BCUT2D eigenvalue weighted by molar-refractivity contribution is 7.21. The summed E-state index contributed by atoms with van der Waals surface area (Å²) in [6.07, 6.45) is 0.732. The van der Waals surface area contributed by atoms with E-state index in [0.717, 1.165) is 11.1 Å². The smallest absolute Gasteiger partial charge is 0.264 e. The Morgan fingerprint density at radius 2 is 2.24 bits per heavy atom. The van der Waals surface area contributed by atoms with Crippen LogP contribution in [0.2, 0.25) is 0 Å². The van der Waals surface area contributed by atoms with Gasteiger partial charge in [-0.1, -0.05) is 6.07 Å². The lowest BCUT2D eigenvalue weighted by atomic mass is 10.1. The zero-order chi connectivity index (χ0) is 15.0. The average Bonchev–Trinajstić information content (AvgIpc) is 2.65. The van der Waals surface area contributed by atoms with E-state index in [0.29, 0.717) is 28.9 Å². The highest BCUT2D eigenvalue weighted by Crippen LogP contribution is 2.33. The van der Waals surface area contributed by atoms with Crippen LogP contribution in [0.4, 0.5) is 4.39 Å². The monoisotopic (exact) mass is 306 g/mol. The molecule has 0 unspecified atom stereocenters. The van der Waals surface area contributed by atoms with Gasteiger partial charge in [-0.15, -0.1) is 11.3 Å². The van der Waals surface area contributed by atoms with Crippen molar-refractivity contribution in [3.05, 3.63) is 34.5 Å². The first kappa shape index (κ1) is 14.0. The number of hydrogen-bond donors (Lipinski definition) is 1. The van der Waals surface area contributed by atoms with Crippen LogP contribution in [-0.4, -0.2) is 36.3 Å². The molecule has 0 bridgehead atoms. The number of rotatable bonds is 1. The topological polar surface area (TPSA) is 49.4 Å². The Morgan fingerprint density at radius 3 is 3.00 bits per heavy atom. The van der Waals surface area contributed by atoms with Crippen LogP contribution in [0.1, 0.15) is 21.7 Å². The second-order valence-corrected chi connectivity index (χ2v) is 6.15. The van der Waals surface area contributed by atoms with Crippen LogP contribution >= 0.6 is 11.3 Å². The van der Waals surface area contributed by atoms with Crippen LogP contribution in [0.5, 0.6) is 0 Å². The van der Waals surface area contributed by atoms with E-state index in [4.69, 9.17) is 0 Å². The molecule has 1 aromatic heterocycles. The van der Waals surface area contributed by atoms with Crippen LogP contribution in [-0.2, 0) is 4.79 Å². The second kappa shape index (κ2) is 5.44. The van der Waals surface area contributed by atoms with Gasteiger partial charge >= 0.3 is 0 Å². The Labute approximate surface area is 125 Å². The first-order chi connectivity index (χ1) is 10.1. The van der Waals surface area contributed by atoms with Crippen molar-refractivity contribution in [3.63, 3.8) is 0 Å². The van der Waals surface area contributed by atoms with E-state index >= 15 is 0 Å². The molecular weight excluding hydrogens is 291 g/mol. The lowest BCUT2D eigenvalue weighted by Gasteiger charge is -2.18. The molecule has 0 atom stereocenters. The molecule has 1 saturated heterocycles. The fourth-order valence-corrected chi connectivity index (χ4v) is 3.77. The number of carbonyl (C=O) groups is 2. The number of hydrogen-bond acceptors (Lipinski definition) is 3. The molecule has 110 valence electrons. The summed E-state index contributed by atoms with van der Waals surface area (Å²) in [6.45, 7) is 2.94. The molecule has 0 saturated carbocycles. The molecule has 2 heterocycles. The van der Waals surface area contributed by atoms with Crippen molar-refractivity contribution in [3.8, 4) is 0 Å². The fraction of sp³-hybridized carbons (Fsp3) is 0.333. The lowest BCUT2D eigenvalue weighted by molar-refractivity contribution is -0.121. The van der Waals surface area contributed by atoms with Crippen LogP contribution in [0.25, 0.3) is 10.1 Å². The molecule has 0 aliphatic carbocycles. The number of thiophene rings is 1. The summed E-state index contributed by atoms with van der Waals surface area (Å²) in [4.78, 5) is 26.3. The molecule has 0 spiro atoms.